The molecule has 5 rings (SSSR count). The van der Waals surface area contributed by atoms with E-state index >= 15 is 0 Å². The normalized spacial score (nSPS) is 24.2. The lowest BCUT2D eigenvalue weighted by molar-refractivity contribution is -0.133. The van der Waals surface area contributed by atoms with Crippen molar-refractivity contribution in [3.63, 3.8) is 0 Å². The third-order valence-corrected chi connectivity index (χ3v) is 7.57. The van der Waals surface area contributed by atoms with Crippen LogP contribution in [-0.4, -0.2) is 24.4 Å². The van der Waals surface area contributed by atoms with Crippen LogP contribution in [0.2, 0.25) is 0 Å². The van der Waals surface area contributed by atoms with E-state index in [1.54, 1.807) is 0 Å². The van der Waals surface area contributed by atoms with Crippen molar-refractivity contribution in [1.82, 2.24) is 0 Å². The predicted octanol–water partition coefficient (Wildman–Crippen LogP) is 6.62. The third-order valence-electron chi connectivity index (χ3n) is 7.57. The lowest BCUT2D eigenvalue weighted by Gasteiger charge is -2.38. The summed E-state index contributed by atoms with van der Waals surface area (Å²) < 4.78 is 11.5. The zero-order valence-corrected chi connectivity index (χ0v) is 20.3. The molecule has 0 amide bonds. The minimum Gasteiger partial charge on any atom is -0.375 e. The highest BCUT2D eigenvalue weighted by Crippen LogP contribution is 2.31. The summed E-state index contributed by atoms with van der Waals surface area (Å²) in [6.45, 7) is 8.49. The molecule has 2 saturated heterocycles. The minimum atomic E-state index is 0.0530. The molecule has 2 fully saturated rings. The van der Waals surface area contributed by atoms with Crippen molar-refractivity contribution in [2.75, 3.05) is 13.2 Å². The fraction of sp³-hybridized carbons (Fsp3) is 0.419. The second-order valence-corrected chi connectivity index (χ2v) is 10.7. The molecule has 2 aliphatic rings. The van der Waals surface area contributed by atoms with Gasteiger partial charge < -0.3 is 9.47 Å². The van der Waals surface area contributed by atoms with Gasteiger partial charge in [-0.1, -0.05) is 66.7 Å². The molecule has 2 atom stereocenters. The number of rotatable bonds is 8. The maximum Gasteiger partial charge on any atom is 0.0716 e. The van der Waals surface area contributed by atoms with E-state index in [1.807, 2.05) is 0 Å². The van der Waals surface area contributed by atoms with Gasteiger partial charge in [0.2, 0.25) is 0 Å². The van der Waals surface area contributed by atoms with Gasteiger partial charge in [0.05, 0.1) is 24.4 Å². The Morgan fingerprint density at radius 1 is 0.606 bits per heavy atom. The number of benzene rings is 3. The summed E-state index contributed by atoms with van der Waals surface area (Å²) in [5.74, 6) is 0. The van der Waals surface area contributed by atoms with Crippen LogP contribution >= 0.6 is 0 Å². The van der Waals surface area contributed by atoms with Crippen molar-refractivity contribution in [2.45, 2.75) is 70.5 Å². The first-order valence-electron chi connectivity index (χ1n) is 12.4. The smallest absolute Gasteiger partial charge is 0.0716 e. The summed E-state index contributed by atoms with van der Waals surface area (Å²) in [5, 5.41) is 0. The molecule has 2 nitrogen and oxygen atoms in total. The van der Waals surface area contributed by atoms with Crippen LogP contribution in [0, 0.1) is 6.92 Å². The molecule has 0 N–H and O–H groups in total. The molecule has 2 heteroatoms. The van der Waals surface area contributed by atoms with Gasteiger partial charge in [0.25, 0.3) is 0 Å². The van der Waals surface area contributed by atoms with Gasteiger partial charge in [0, 0.05) is 12.8 Å². The molecule has 33 heavy (non-hydrogen) atoms. The first kappa shape index (κ1) is 22.4. The maximum absolute atomic E-state index is 5.74. The van der Waals surface area contributed by atoms with E-state index < -0.39 is 0 Å². The van der Waals surface area contributed by atoms with Gasteiger partial charge >= 0.3 is 0 Å². The zero-order valence-electron chi connectivity index (χ0n) is 20.3. The van der Waals surface area contributed by atoms with Crippen molar-refractivity contribution < 1.29 is 9.47 Å². The van der Waals surface area contributed by atoms with Crippen molar-refractivity contribution in [1.29, 1.82) is 0 Å². The summed E-state index contributed by atoms with van der Waals surface area (Å²) in [5.41, 5.74) is 9.74. The van der Waals surface area contributed by atoms with Crippen LogP contribution in [0.5, 0.6) is 0 Å². The van der Waals surface area contributed by atoms with Crippen LogP contribution in [-0.2, 0) is 35.2 Å². The fourth-order valence-electron chi connectivity index (χ4n) is 5.12. The summed E-state index contributed by atoms with van der Waals surface area (Å²) in [4.78, 5) is 0. The molecular formula is C31H36O2. The second-order valence-electron chi connectivity index (χ2n) is 10.7. The Morgan fingerprint density at radius 3 is 1.45 bits per heavy atom. The fourth-order valence-corrected chi connectivity index (χ4v) is 5.12. The van der Waals surface area contributed by atoms with Gasteiger partial charge in [-0.3, -0.25) is 0 Å². The highest BCUT2D eigenvalue weighted by Gasteiger charge is 2.33. The van der Waals surface area contributed by atoms with Crippen LogP contribution in [0.25, 0.3) is 0 Å². The molecule has 3 aromatic rings. The molecule has 0 spiro atoms. The number of hydrogen-bond acceptors (Lipinski definition) is 2. The molecule has 0 aliphatic carbocycles. The minimum absolute atomic E-state index is 0.0530. The van der Waals surface area contributed by atoms with Crippen LogP contribution in [0.3, 0.4) is 0 Å². The second kappa shape index (κ2) is 9.08. The SMILES string of the molecule is Cc1cc(Cc2ccc(CC3(C)CCO3)cc2)ccc1Cc1ccc(CC2(C)CCO2)cc1. The van der Waals surface area contributed by atoms with Crippen molar-refractivity contribution in [2.24, 2.45) is 0 Å². The van der Waals surface area contributed by atoms with Gasteiger partial charge in [-0.15, -0.1) is 0 Å². The summed E-state index contributed by atoms with van der Waals surface area (Å²) >= 11 is 0. The Labute approximate surface area is 199 Å². The van der Waals surface area contributed by atoms with Crippen LogP contribution in [0.4, 0.5) is 0 Å². The lowest BCUT2D eigenvalue weighted by Crippen LogP contribution is -2.42. The predicted molar refractivity (Wildman–Crippen MR) is 135 cm³/mol. The average molecular weight is 441 g/mol. The Balaban J connectivity index is 1.18. The monoisotopic (exact) mass is 440 g/mol. The first-order chi connectivity index (χ1) is 15.9. The Morgan fingerprint density at radius 2 is 1.03 bits per heavy atom. The number of ether oxygens (including phenoxy) is 2. The molecule has 2 heterocycles. The molecule has 0 bridgehead atoms. The van der Waals surface area contributed by atoms with E-state index in [4.69, 9.17) is 9.47 Å². The number of aryl methyl sites for hydroxylation is 1. The third kappa shape index (κ3) is 5.39. The van der Waals surface area contributed by atoms with E-state index in [-0.39, 0.29) is 11.2 Å². The van der Waals surface area contributed by atoms with Crippen molar-refractivity contribution in [3.05, 3.63) is 106 Å². The van der Waals surface area contributed by atoms with Gasteiger partial charge in [-0.05, 0) is 85.4 Å². The molecule has 2 unspecified atom stereocenters. The molecular weight excluding hydrogens is 404 g/mol. The standard InChI is InChI=1S/C31H36O2/c1-23-18-28(19-24-4-8-26(9-5-24)21-30(2)14-16-32-30)12-13-29(23)20-25-6-10-27(11-7-25)22-31(3)15-17-33-31/h4-13,18H,14-17,19-22H2,1-3H3. The molecule has 0 radical (unpaired) electrons. The Kier molecular flexibility index (Phi) is 6.16. The maximum atomic E-state index is 5.74. The lowest BCUT2D eigenvalue weighted by atomic mass is 9.88. The van der Waals surface area contributed by atoms with Gasteiger partial charge in [0.1, 0.15) is 0 Å². The molecule has 2 aliphatic heterocycles. The average Bonchev–Trinajstić information content (AvgIpc) is 2.76. The van der Waals surface area contributed by atoms with Gasteiger partial charge in [-0.2, -0.15) is 0 Å². The summed E-state index contributed by atoms with van der Waals surface area (Å²) in [6.07, 6.45) is 6.31. The Hall–Kier alpha value is -2.42. The topological polar surface area (TPSA) is 18.5 Å². The number of hydrogen-bond donors (Lipinski definition) is 0. The summed E-state index contributed by atoms with van der Waals surface area (Å²) in [6, 6.07) is 25.1. The highest BCUT2D eigenvalue weighted by atomic mass is 16.5. The highest BCUT2D eigenvalue weighted by molar-refractivity contribution is 5.38. The zero-order chi connectivity index (χ0) is 22.9. The van der Waals surface area contributed by atoms with Crippen LogP contribution in [0.15, 0.2) is 66.7 Å². The Bertz CT molecular complexity index is 1090. The molecule has 3 aromatic carbocycles. The molecule has 0 saturated carbocycles. The van der Waals surface area contributed by atoms with E-state index in [1.165, 1.54) is 51.8 Å². The van der Waals surface area contributed by atoms with Crippen molar-refractivity contribution >= 4 is 0 Å². The molecule has 172 valence electrons. The van der Waals surface area contributed by atoms with Crippen molar-refractivity contribution in [3.8, 4) is 0 Å². The van der Waals surface area contributed by atoms with Gasteiger partial charge in [-0.25, -0.2) is 0 Å². The first-order valence-corrected chi connectivity index (χ1v) is 12.4. The molecule has 0 aromatic heterocycles. The van der Waals surface area contributed by atoms with E-state index in [0.717, 1.165) is 38.9 Å². The summed E-state index contributed by atoms with van der Waals surface area (Å²) in [7, 11) is 0. The quantitative estimate of drug-likeness (QED) is 0.392. The van der Waals surface area contributed by atoms with E-state index in [9.17, 15) is 0 Å². The van der Waals surface area contributed by atoms with E-state index in [0.29, 0.717) is 0 Å². The van der Waals surface area contributed by atoms with Gasteiger partial charge in [0.15, 0.2) is 0 Å². The van der Waals surface area contributed by atoms with Crippen LogP contribution in [0.1, 0.15) is 65.6 Å². The van der Waals surface area contributed by atoms with Crippen LogP contribution < -0.4 is 0 Å². The van der Waals surface area contributed by atoms with E-state index in [2.05, 4.69) is 87.5 Å². The largest absolute Gasteiger partial charge is 0.375 e.